The summed E-state index contributed by atoms with van der Waals surface area (Å²) in [7, 11) is 0. The second kappa shape index (κ2) is 6.89. The highest BCUT2D eigenvalue weighted by molar-refractivity contribution is 5.77. The summed E-state index contributed by atoms with van der Waals surface area (Å²) >= 11 is 0. The molecule has 1 N–H and O–H groups in total. The zero-order valence-electron chi connectivity index (χ0n) is 12.6. The van der Waals surface area contributed by atoms with Gasteiger partial charge in [0.2, 0.25) is 11.8 Å². The molecule has 1 saturated heterocycles. The van der Waals surface area contributed by atoms with Gasteiger partial charge in [-0.1, -0.05) is 0 Å². The number of carbonyl (C=O) groups excluding carboxylic acids is 1. The molecule has 1 aromatic heterocycles. The lowest BCUT2D eigenvalue weighted by atomic mass is 10.2. The highest BCUT2D eigenvalue weighted by Gasteiger charge is 2.21. The first-order valence-electron chi connectivity index (χ1n) is 7.47. The quantitative estimate of drug-likeness (QED) is 0.914. The molecule has 6 nitrogen and oxygen atoms in total. The molecule has 0 unspecified atom stereocenters. The number of rotatable bonds is 4. The van der Waals surface area contributed by atoms with Gasteiger partial charge in [-0.25, -0.2) is 9.37 Å². The fourth-order valence-electron chi connectivity index (χ4n) is 2.58. The molecule has 3 rings (SSSR count). The van der Waals surface area contributed by atoms with E-state index in [0.29, 0.717) is 44.4 Å². The summed E-state index contributed by atoms with van der Waals surface area (Å²) in [6.07, 6.45) is 1.63. The Morgan fingerprint density at radius 1 is 1.22 bits per heavy atom. The van der Waals surface area contributed by atoms with Gasteiger partial charge in [-0.3, -0.25) is 9.69 Å². The van der Waals surface area contributed by atoms with E-state index < -0.39 is 6.61 Å². The van der Waals surface area contributed by atoms with E-state index in [1.807, 2.05) is 0 Å². The summed E-state index contributed by atoms with van der Waals surface area (Å²) < 4.78 is 18.6. The number of aliphatic hydroxyl groups is 1. The average Bonchev–Trinajstić information content (AvgIpc) is 3.04. The van der Waals surface area contributed by atoms with Crippen LogP contribution in [0, 0.1) is 5.82 Å². The van der Waals surface area contributed by atoms with Gasteiger partial charge in [0.15, 0.2) is 5.76 Å². The van der Waals surface area contributed by atoms with Gasteiger partial charge in [-0.05, 0) is 24.3 Å². The summed E-state index contributed by atoms with van der Waals surface area (Å²) in [4.78, 5) is 19.5. The summed E-state index contributed by atoms with van der Waals surface area (Å²) in [6, 6.07) is 6.07. The third-order valence-corrected chi connectivity index (χ3v) is 3.90. The maximum atomic E-state index is 12.9. The predicted octanol–water partition coefficient (Wildman–Crippen LogP) is 1.12. The topological polar surface area (TPSA) is 69.8 Å². The number of piperazine rings is 1. The molecule has 1 fully saturated rings. The van der Waals surface area contributed by atoms with E-state index in [1.165, 1.54) is 12.1 Å². The number of nitrogens with zero attached hydrogens (tertiary/aromatic N) is 3. The van der Waals surface area contributed by atoms with Crippen LogP contribution in [0.4, 0.5) is 4.39 Å². The van der Waals surface area contributed by atoms with Crippen molar-refractivity contribution in [2.24, 2.45) is 0 Å². The van der Waals surface area contributed by atoms with Crippen LogP contribution in [-0.2, 0) is 11.3 Å². The van der Waals surface area contributed by atoms with Crippen molar-refractivity contribution in [2.45, 2.75) is 6.54 Å². The van der Waals surface area contributed by atoms with Crippen molar-refractivity contribution in [3.8, 4) is 11.3 Å². The smallest absolute Gasteiger partial charge is 0.248 e. The van der Waals surface area contributed by atoms with Crippen LogP contribution in [0.25, 0.3) is 11.3 Å². The van der Waals surface area contributed by atoms with E-state index in [9.17, 15) is 9.18 Å². The number of oxazole rings is 1. The van der Waals surface area contributed by atoms with E-state index in [1.54, 1.807) is 23.2 Å². The van der Waals surface area contributed by atoms with E-state index >= 15 is 0 Å². The Bertz CT molecular complexity index is 663. The number of benzene rings is 1. The number of hydrogen-bond acceptors (Lipinski definition) is 5. The molecular formula is C16H18FN3O3. The monoisotopic (exact) mass is 319 g/mol. The molecule has 23 heavy (non-hydrogen) atoms. The van der Waals surface area contributed by atoms with Crippen molar-refractivity contribution in [1.29, 1.82) is 0 Å². The molecule has 2 heterocycles. The first-order chi connectivity index (χ1) is 11.2. The Hall–Kier alpha value is -2.25. The molecule has 0 bridgehead atoms. The fraction of sp³-hybridized carbons (Fsp3) is 0.375. The molecule has 1 aromatic carbocycles. The van der Waals surface area contributed by atoms with Gasteiger partial charge in [0.25, 0.3) is 0 Å². The lowest BCUT2D eigenvalue weighted by Crippen LogP contribution is -2.49. The highest BCUT2D eigenvalue weighted by Crippen LogP contribution is 2.21. The normalized spacial score (nSPS) is 15.8. The van der Waals surface area contributed by atoms with E-state index in [0.717, 1.165) is 5.56 Å². The zero-order valence-corrected chi connectivity index (χ0v) is 12.6. The van der Waals surface area contributed by atoms with Crippen molar-refractivity contribution in [2.75, 3.05) is 32.8 Å². The van der Waals surface area contributed by atoms with Crippen molar-refractivity contribution in [3.63, 3.8) is 0 Å². The number of halogens is 1. The van der Waals surface area contributed by atoms with Crippen LogP contribution in [0.3, 0.4) is 0 Å². The highest BCUT2D eigenvalue weighted by atomic mass is 19.1. The van der Waals surface area contributed by atoms with Crippen LogP contribution in [0.1, 0.15) is 5.89 Å². The van der Waals surface area contributed by atoms with Gasteiger partial charge in [0.05, 0.1) is 12.7 Å². The summed E-state index contributed by atoms with van der Waals surface area (Å²) in [5, 5.41) is 8.86. The Labute approximate surface area is 133 Å². The first-order valence-corrected chi connectivity index (χ1v) is 7.47. The molecule has 0 radical (unpaired) electrons. The molecule has 0 atom stereocenters. The number of aromatic nitrogens is 1. The Morgan fingerprint density at radius 2 is 1.91 bits per heavy atom. The second-order valence-electron chi connectivity index (χ2n) is 5.44. The van der Waals surface area contributed by atoms with Gasteiger partial charge in [-0.15, -0.1) is 0 Å². The largest absolute Gasteiger partial charge is 0.439 e. The lowest BCUT2D eigenvalue weighted by Gasteiger charge is -2.33. The zero-order chi connectivity index (χ0) is 16.2. The minimum atomic E-state index is -0.444. The van der Waals surface area contributed by atoms with Crippen molar-refractivity contribution in [3.05, 3.63) is 42.2 Å². The summed E-state index contributed by atoms with van der Waals surface area (Å²) in [6.45, 7) is 2.71. The molecule has 122 valence electrons. The van der Waals surface area contributed by atoms with E-state index in [-0.39, 0.29) is 11.7 Å². The van der Waals surface area contributed by atoms with E-state index in [4.69, 9.17) is 9.52 Å². The Kier molecular flexibility index (Phi) is 4.68. The van der Waals surface area contributed by atoms with Crippen molar-refractivity contribution in [1.82, 2.24) is 14.8 Å². The van der Waals surface area contributed by atoms with Crippen LogP contribution in [-0.4, -0.2) is 58.6 Å². The van der Waals surface area contributed by atoms with Crippen LogP contribution in [0.5, 0.6) is 0 Å². The maximum Gasteiger partial charge on any atom is 0.248 e. The maximum absolute atomic E-state index is 12.9. The summed E-state index contributed by atoms with van der Waals surface area (Å²) in [5.74, 6) is 0.670. The van der Waals surface area contributed by atoms with E-state index in [2.05, 4.69) is 9.88 Å². The second-order valence-corrected chi connectivity index (χ2v) is 5.44. The minimum absolute atomic E-state index is 0.237. The van der Waals surface area contributed by atoms with Crippen LogP contribution < -0.4 is 0 Å². The van der Waals surface area contributed by atoms with Gasteiger partial charge < -0.3 is 14.4 Å². The average molecular weight is 319 g/mol. The fourth-order valence-corrected chi connectivity index (χ4v) is 2.58. The molecule has 0 aliphatic carbocycles. The summed E-state index contributed by atoms with van der Waals surface area (Å²) in [5.41, 5.74) is 0.781. The Balaban J connectivity index is 1.58. The molecule has 2 aromatic rings. The molecule has 7 heteroatoms. The molecule has 1 aliphatic rings. The van der Waals surface area contributed by atoms with Crippen LogP contribution in [0.15, 0.2) is 34.9 Å². The minimum Gasteiger partial charge on any atom is -0.439 e. The van der Waals surface area contributed by atoms with Gasteiger partial charge in [-0.2, -0.15) is 0 Å². The molecular weight excluding hydrogens is 301 g/mol. The number of amides is 1. The van der Waals surface area contributed by atoms with Crippen molar-refractivity contribution < 1.29 is 18.7 Å². The molecule has 1 aliphatic heterocycles. The lowest BCUT2D eigenvalue weighted by molar-refractivity contribution is -0.136. The number of aliphatic hydroxyl groups excluding tert-OH is 1. The van der Waals surface area contributed by atoms with Gasteiger partial charge in [0.1, 0.15) is 12.4 Å². The van der Waals surface area contributed by atoms with Crippen molar-refractivity contribution >= 4 is 5.91 Å². The molecule has 0 spiro atoms. The van der Waals surface area contributed by atoms with Crippen LogP contribution >= 0.6 is 0 Å². The third kappa shape index (κ3) is 3.75. The molecule has 1 amide bonds. The third-order valence-electron chi connectivity index (χ3n) is 3.90. The van der Waals surface area contributed by atoms with Crippen LogP contribution in [0.2, 0.25) is 0 Å². The Morgan fingerprint density at radius 3 is 2.57 bits per heavy atom. The number of carbonyl (C=O) groups is 1. The predicted molar refractivity (Wildman–Crippen MR) is 80.8 cm³/mol. The van der Waals surface area contributed by atoms with Gasteiger partial charge >= 0.3 is 0 Å². The number of hydrogen-bond donors (Lipinski definition) is 1. The first kappa shape index (κ1) is 15.6. The SMILES string of the molecule is O=C(CO)N1CCN(Cc2ncc(-c3ccc(F)cc3)o2)CC1. The molecule has 0 saturated carbocycles. The standard InChI is InChI=1S/C16H18FN3O3/c17-13-3-1-12(2-4-13)14-9-18-15(23-14)10-19-5-7-20(8-6-19)16(22)11-21/h1-4,9,21H,5-8,10-11H2. The van der Waals surface area contributed by atoms with Gasteiger partial charge in [0, 0.05) is 31.7 Å².